The van der Waals surface area contributed by atoms with E-state index in [-0.39, 0.29) is 5.41 Å². The quantitative estimate of drug-likeness (QED) is 0.159. The number of hydrogen-bond acceptors (Lipinski definition) is 5. The van der Waals surface area contributed by atoms with Crippen LogP contribution in [0.15, 0.2) is 194 Å². The molecule has 3 aromatic heterocycles. The Hall–Kier alpha value is -7.63. The predicted molar refractivity (Wildman–Crippen MR) is 235 cm³/mol. The van der Waals surface area contributed by atoms with Gasteiger partial charge >= 0.3 is 0 Å². The van der Waals surface area contributed by atoms with Crippen LogP contribution in [0.1, 0.15) is 23.6 Å². The van der Waals surface area contributed by atoms with Gasteiger partial charge in [0, 0.05) is 50.8 Å². The van der Waals surface area contributed by atoms with Gasteiger partial charge in [0.15, 0.2) is 17.5 Å². The Balaban J connectivity index is 1.18. The van der Waals surface area contributed by atoms with Crippen LogP contribution < -0.4 is 0 Å². The highest BCUT2D eigenvalue weighted by Crippen LogP contribution is 2.53. The lowest BCUT2D eigenvalue weighted by Crippen LogP contribution is -2.22. The first-order valence-electron chi connectivity index (χ1n) is 19.6. The summed E-state index contributed by atoms with van der Waals surface area (Å²) in [4.78, 5) is 25.3. The van der Waals surface area contributed by atoms with Gasteiger partial charge in [-0.05, 0) is 87.7 Å². The van der Waals surface area contributed by atoms with Crippen LogP contribution in [-0.4, -0.2) is 24.9 Å². The Morgan fingerprint density at radius 1 is 0.379 bits per heavy atom. The normalized spacial score (nSPS) is 14.4. The summed E-state index contributed by atoms with van der Waals surface area (Å²) in [6.07, 6.45) is 3.78. The topological polar surface area (TPSA) is 64.5 Å². The van der Waals surface area contributed by atoms with E-state index in [1.807, 2.05) is 79.1 Å². The van der Waals surface area contributed by atoms with Gasteiger partial charge in [0.2, 0.25) is 0 Å². The van der Waals surface area contributed by atoms with Gasteiger partial charge < -0.3 is 0 Å². The van der Waals surface area contributed by atoms with Crippen LogP contribution in [0.3, 0.4) is 0 Å². The number of rotatable bonds is 6. The molecular formula is C53H35N5. The van der Waals surface area contributed by atoms with Crippen molar-refractivity contribution in [3.63, 3.8) is 0 Å². The van der Waals surface area contributed by atoms with Crippen molar-refractivity contribution in [2.75, 3.05) is 0 Å². The zero-order valence-electron chi connectivity index (χ0n) is 31.7. The minimum absolute atomic E-state index is 0.339. The zero-order chi connectivity index (χ0) is 38.6. The fourth-order valence-corrected chi connectivity index (χ4v) is 8.77. The second-order valence-electron chi connectivity index (χ2n) is 15.0. The molecule has 0 amide bonds. The van der Waals surface area contributed by atoms with Crippen molar-refractivity contribution in [3.05, 3.63) is 211 Å². The predicted octanol–water partition coefficient (Wildman–Crippen LogP) is 12.6. The SMILES string of the molecule is CC1(c2ccccc2)c2ccccc2-c2ccc(-c3cc(-c4nc(-c5ccccc5)nc(-c5ccccc5)n4)cc(-c4nc5ccccc5c5ccncc45)c3)cc21. The fraction of sp³-hybridized carbons (Fsp3) is 0.0377. The molecule has 0 radical (unpaired) electrons. The van der Waals surface area contributed by atoms with E-state index in [4.69, 9.17) is 19.9 Å². The van der Waals surface area contributed by atoms with Crippen LogP contribution in [0.2, 0.25) is 0 Å². The zero-order valence-corrected chi connectivity index (χ0v) is 31.7. The van der Waals surface area contributed by atoms with Crippen LogP contribution in [0.4, 0.5) is 0 Å². The molecule has 7 aromatic carbocycles. The maximum atomic E-state index is 5.33. The third kappa shape index (κ3) is 5.51. The fourth-order valence-electron chi connectivity index (χ4n) is 8.77. The average molecular weight is 742 g/mol. The molecule has 0 N–H and O–H groups in total. The number of fused-ring (bicyclic) bond motifs is 6. The van der Waals surface area contributed by atoms with Gasteiger partial charge in [-0.15, -0.1) is 0 Å². The highest BCUT2D eigenvalue weighted by molar-refractivity contribution is 6.10. The molecule has 10 aromatic rings. The molecule has 1 unspecified atom stereocenters. The van der Waals surface area contributed by atoms with Gasteiger partial charge in [0.1, 0.15) is 0 Å². The van der Waals surface area contributed by atoms with Crippen molar-refractivity contribution in [2.45, 2.75) is 12.3 Å². The molecule has 272 valence electrons. The molecule has 5 heteroatoms. The van der Waals surface area contributed by atoms with Crippen LogP contribution >= 0.6 is 0 Å². The van der Waals surface area contributed by atoms with E-state index in [9.17, 15) is 0 Å². The number of pyridine rings is 2. The number of nitrogens with zero attached hydrogens (tertiary/aromatic N) is 5. The van der Waals surface area contributed by atoms with Crippen LogP contribution in [0, 0.1) is 0 Å². The number of benzene rings is 7. The standard InChI is InChI=1S/C53H35N5/c1-53(40-19-9-4-10-20-40)46-23-13-11-21-42(46)43-26-25-36(32-47(43)53)37-29-38(49-45-33-54-28-27-41(45)44-22-12-14-24-48(44)55-49)31-39(30-37)52-57-50(34-15-5-2-6-16-34)56-51(58-52)35-17-7-3-8-18-35/h2-33H,1H3. The smallest absolute Gasteiger partial charge is 0.164 e. The highest BCUT2D eigenvalue weighted by Gasteiger charge is 2.40. The lowest BCUT2D eigenvalue weighted by molar-refractivity contribution is 0.714. The Morgan fingerprint density at radius 3 is 1.71 bits per heavy atom. The number of aromatic nitrogens is 5. The first-order valence-corrected chi connectivity index (χ1v) is 19.6. The minimum atomic E-state index is -0.339. The van der Waals surface area contributed by atoms with E-state index in [0.717, 1.165) is 60.8 Å². The van der Waals surface area contributed by atoms with E-state index in [0.29, 0.717) is 17.5 Å². The van der Waals surface area contributed by atoms with Gasteiger partial charge in [-0.2, -0.15) is 0 Å². The Morgan fingerprint density at radius 2 is 0.966 bits per heavy atom. The van der Waals surface area contributed by atoms with Crippen molar-refractivity contribution in [1.29, 1.82) is 0 Å². The lowest BCUT2D eigenvalue weighted by Gasteiger charge is -2.28. The molecular weight excluding hydrogens is 707 g/mol. The van der Waals surface area contributed by atoms with Crippen LogP contribution in [-0.2, 0) is 5.41 Å². The van der Waals surface area contributed by atoms with E-state index in [1.54, 1.807) is 0 Å². The summed E-state index contributed by atoms with van der Waals surface area (Å²) < 4.78 is 0. The second-order valence-corrected chi connectivity index (χ2v) is 15.0. The van der Waals surface area contributed by atoms with Gasteiger partial charge in [0.25, 0.3) is 0 Å². The van der Waals surface area contributed by atoms with E-state index < -0.39 is 0 Å². The lowest BCUT2D eigenvalue weighted by atomic mass is 9.74. The molecule has 1 atom stereocenters. The molecule has 0 saturated carbocycles. The molecule has 0 fully saturated rings. The van der Waals surface area contributed by atoms with Gasteiger partial charge in [0.05, 0.1) is 11.2 Å². The van der Waals surface area contributed by atoms with Gasteiger partial charge in [-0.3, -0.25) is 4.98 Å². The molecule has 0 spiro atoms. The molecule has 58 heavy (non-hydrogen) atoms. The summed E-state index contributed by atoms with van der Waals surface area (Å²) in [6.45, 7) is 2.36. The largest absolute Gasteiger partial charge is 0.264 e. The Bertz CT molecular complexity index is 3120. The summed E-state index contributed by atoms with van der Waals surface area (Å²) in [7, 11) is 0. The van der Waals surface area contributed by atoms with Crippen molar-refractivity contribution >= 4 is 21.7 Å². The molecule has 0 aliphatic heterocycles. The molecule has 11 rings (SSSR count). The highest BCUT2D eigenvalue weighted by atomic mass is 15.0. The summed E-state index contributed by atoms with van der Waals surface area (Å²) in [5, 5.41) is 3.18. The maximum Gasteiger partial charge on any atom is 0.164 e. The number of hydrogen-bond donors (Lipinski definition) is 0. The molecule has 1 aliphatic rings. The molecule has 5 nitrogen and oxygen atoms in total. The van der Waals surface area contributed by atoms with Crippen LogP contribution in [0.25, 0.3) is 89.4 Å². The average Bonchev–Trinajstić information content (AvgIpc) is 3.57. The molecule has 0 saturated heterocycles. The summed E-state index contributed by atoms with van der Waals surface area (Å²) in [6, 6.07) is 63.9. The van der Waals surface area contributed by atoms with Crippen molar-refractivity contribution in [3.8, 4) is 67.7 Å². The third-order valence-electron chi connectivity index (χ3n) is 11.7. The number of para-hydroxylation sites is 1. The van der Waals surface area contributed by atoms with Crippen molar-refractivity contribution < 1.29 is 0 Å². The molecule has 0 bridgehead atoms. The third-order valence-corrected chi connectivity index (χ3v) is 11.7. The summed E-state index contributed by atoms with van der Waals surface area (Å²) >= 11 is 0. The summed E-state index contributed by atoms with van der Waals surface area (Å²) in [5.74, 6) is 1.81. The monoisotopic (exact) mass is 741 g/mol. The second kappa shape index (κ2) is 13.5. The summed E-state index contributed by atoms with van der Waals surface area (Å²) in [5.41, 5.74) is 13.6. The van der Waals surface area contributed by atoms with Gasteiger partial charge in [-0.1, -0.05) is 146 Å². The van der Waals surface area contributed by atoms with E-state index in [1.165, 1.54) is 27.8 Å². The van der Waals surface area contributed by atoms with Crippen molar-refractivity contribution in [1.82, 2.24) is 24.9 Å². The molecule has 1 aliphatic carbocycles. The molecule has 3 heterocycles. The van der Waals surface area contributed by atoms with Gasteiger partial charge in [-0.25, -0.2) is 19.9 Å². The first kappa shape index (κ1) is 33.7. The Kier molecular flexibility index (Phi) is 7.86. The first-order chi connectivity index (χ1) is 28.6. The van der Waals surface area contributed by atoms with E-state index in [2.05, 4.69) is 127 Å². The van der Waals surface area contributed by atoms with Crippen LogP contribution in [0.5, 0.6) is 0 Å². The Labute approximate surface area is 336 Å². The van der Waals surface area contributed by atoms with E-state index >= 15 is 0 Å². The maximum absolute atomic E-state index is 5.33. The minimum Gasteiger partial charge on any atom is -0.264 e. The van der Waals surface area contributed by atoms with Crippen molar-refractivity contribution in [2.24, 2.45) is 0 Å².